The molecule has 1 saturated heterocycles. The van der Waals surface area contributed by atoms with E-state index >= 15 is 0 Å². The van der Waals surface area contributed by atoms with Gasteiger partial charge in [0.2, 0.25) is 4.96 Å². The highest BCUT2D eigenvalue weighted by Gasteiger charge is 2.17. The number of fused-ring (bicyclic) bond motifs is 1. The molecular formula is C17H21N4OS+. The Morgan fingerprint density at radius 2 is 2.09 bits per heavy atom. The van der Waals surface area contributed by atoms with E-state index in [0.717, 1.165) is 28.6 Å². The molecule has 5 nitrogen and oxygen atoms in total. The molecule has 0 saturated carbocycles. The van der Waals surface area contributed by atoms with Gasteiger partial charge in [0, 0.05) is 11.8 Å². The molecule has 2 aromatic heterocycles. The summed E-state index contributed by atoms with van der Waals surface area (Å²) in [4.78, 5) is 4.04. The average molecular weight is 329 g/mol. The van der Waals surface area contributed by atoms with Crippen molar-refractivity contribution in [2.75, 3.05) is 20.2 Å². The van der Waals surface area contributed by atoms with Crippen LogP contribution >= 0.6 is 11.3 Å². The van der Waals surface area contributed by atoms with Crippen molar-refractivity contribution in [3.63, 3.8) is 0 Å². The van der Waals surface area contributed by atoms with Crippen LogP contribution in [0.3, 0.4) is 0 Å². The molecule has 0 atom stereocenters. The number of ether oxygens (including phenoxy) is 1. The highest BCUT2D eigenvalue weighted by molar-refractivity contribution is 7.17. The van der Waals surface area contributed by atoms with Gasteiger partial charge < -0.3 is 9.64 Å². The summed E-state index contributed by atoms with van der Waals surface area (Å²) in [6, 6.07) is 7.98. The van der Waals surface area contributed by atoms with Gasteiger partial charge in [0.15, 0.2) is 5.82 Å². The minimum Gasteiger partial charge on any atom is -0.497 e. The number of hydrogen-bond acceptors (Lipinski definition) is 4. The lowest BCUT2D eigenvalue weighted by Gasteiger charge is -2.22. The molecule has 1 N–H and O–H groups in total. The number of thiazole rings is 1. The third-order valence-electron chi connectivity index (χ3n) is 4.47. The van der Waals surface area contributed by atoms with Gasteiger partial charge in [-0.3, -0.25) is 4.40 Å². The quantitative estimate of drug-likeness (QED) is 0.796. The molecule has 0 bridgehead atoms. The number of nitrogens with one attached hydrogen (secondary N) is 1. The highest BCUT2D eigenvalue weighted by Crippen LogP contribution is 2.26. The third kappa shape index (κ3) is 2.96. The topological polar surface area (TPSA) is 43.9 Å². The molecule has 3 heterocycles. The third-order valence-corrected chi connectivity index (χ3v) is 5.45. The van der Waals surface area contributed by atoms with Gasteiger partial charge in [-0.15, -0.1) is 10.2 Å². The van der Waals surface area contributed by atoms with Gasteiger partial charge >= 0.3 is 0 Å². The number of hydrogen-bond donors (Lipinski definition) is 1. The summed E-state index contributed by atoms with van der Waals surface area (Å²) in [5.41, 5.74) is 1.03. The van der Waals surface area contributed by atoms with Crippen molar-refractivity contribution in [2.45, 2.75) is 25.8 Å². The molecule has 3 aromatic rings. The summed E-state index contributed by atoms with van der Waals surface area (Å²) in [6.07, 6.45) is 6.31. The number of piperidine rings is 1. The van der Waals surface area contributed by atoms with E-state index in [4.69, 9.17) is 4.74 Å². The van der Waals surface area contributed by atoms with Crippen LogP contribution in [0.2, 0.25) is 0 Å². The van der Waals surface area contributed by atoms with Crippen LogP contribution in [0.25, 0.3) is 16.3 Å². The molecule has 1 fully saturated rings. The molecule has 0 spiro atoms. The lowest BCUT2D eigenvalue weighted by molar-refractivity contribution is -0.918. The van der Waals surface area contributed by atoms with E-state index in [9.17, 15) is 0 Å². The molecule has 1 aliphatic heterocycles. The van der Waals surface area contributed by atoms with E-state index < -0.39 is 0 Å². The van der Waals surface area contributed by atoms with Crippen LogP contribution in [-0.4, -0.2) is 34.8 Å². The van der Waals surface area contributed by atoms with Gasteiger partial charge in [0.1, 0.15) is 12.3 Å². The van der Waals surface area contributed by atoms with Crippen molar-refractivity contribution in [1.82, 2.24) is 14.6 Å². The summed E-state index contributed by atoms with van der Waals surface area (Å²) in [5.74, 6) is 1.72. The van der Waals surface area contributed by atoms with Crippen LogP contribution in [0.1, 0.15) is 24.1 Å². The number of methoxy groups -OCH3 is 1. The smallest absolute Gasteiger partial charge is 0.216 e. The number of quaternary nitrogens is 1. The fourth-order valence-electron chi connectivity index (χ4n) is 3.27. The molecule has 0 aliphatic carbocycles. The van der Waals surface area contributed by atoms with Crippen LogP contribution < -0.4 is 9.64 Å². The Kier molecular flexibility index (Phi) is 4.01. The van der Waals surface area contributed by atoms with Crippen molar-refractivity contribution in [1.29, 1.82) is 0 Å². The summed E-state index contributed by atoms with van der Waals surface area (Å²) in [6.45, 7) is 3.69. The first kappa shape index (κ1) is 14.7. The Morgan fingerprint density at radius 1 is 1.22 bits per heavy atom. The minimum absolute atomic E-state index is 0.840. The SMILES string of the molecule is COc1cccc(-c2nnc3sc(C[NH+]4CCCCC4)cn23)c1. The van der Waals surface area contributed by atoms with Crippen molar-refractivity contribution in [3.8, 4) is 17.1 Å². The van der Waals surface area contributed by atoms with Crippen molar-refractivity contribution in [3.05, 3.63) is 35.3 Å². The summed E-state index contributed by atoms with van der Waals surface area (Å²) in [7, 11) is 1.68. The second-order valence-corrected chi connectivity index (χ2v) is 7.19. The zero-order valence-electron chi connectivity index (χ0n) is 13.3. The van der Waals surface area contributed by atoms with E-state index in [1.807, 2.05) is 24.3 Å². The molecule has 23 heavy (non-hydrogen) atoms. The number of nitrogens with zero attached hydrogens (tertiary/aromatic N) is 3. The molecule has 1 aliphatic rings. The van der Waals surface area contributed by atoms with Gasteiger partial charge in [-0.05, 0) is 31.4 Å². The highest BCUT2D eigenvalue weighted by atomic mass is 32.1. The van der Waals surface area contributed by atoms with E-state index in [-0.39, 0.29) is 0 Å². The second-order valence-electron chi connectivity index (χ2n) is 6.09. The maximum absolute atomic E-state index is 5.31. The zero-order chi connectivity index (χ0) is 15.6. The first-order valence-corrected chi connectivity index (χ1v) is 8.96. The molecule has 6 heteroatoms. The van der Waals surface area contributed by atoms with E-state index in [1.54, 1.807) is 23.3 Å². The molecule has 4 rings (SSSR count). The Bertz CT molecular complexity index is 804. The van der Waals surface area contributed by atoms with Crippen LogP contribution in [-0.2, 0) is 6.54 Å². The predicted octanol–water partition coefficient (Wildman–Crippen LogP) is 2.04. The van der Waals surface area contributed by atoms with Crippen molar-refractivity contribution in [2.24, 2.45) is 0 Å². The van der Waals surface area contributed by atoms with Gasteiger partial charge in [0.05, 0.1) is 25.1 Å². The Balaban J connectivity index is 1.63. The lowest BCUT2D eigenvalue weighted by atomic mass is 10.1. The minimum atomic E-state index is 0.840. The van der Waals surface area contributed by atoms with Crippen LogP contribution in [0.15, 0.2) is 30.5 Å². The Labute approximate surface area is 139 Å². The maximum Gasteiger partial charge on any atom is 0.216 e. The van der Waals surface area contributed by atoms with Crippen LogP contribution in [0, 0.1) is 0 Å². The number of benzene rings is 1. The fraction of sp³-hybridized carbons (Fsp3) is 0.412. The van der Waals surface area contributed by atoms with Crippen molar-refractivity contribution < 1.29 is 9.64 Å². The summed E-state index contributed by atoms with van der Waals surface area (Å²) >= 11 is 1.75. The normalized spacial score (nSPS) is 16.0. The van der Waals surface area contributed by atoms with E-state index in [0.29, 0.717) is 0 Å². The van der Waals surface area contributed by atoms with E-state index in [1.165, 1.54) is 37.2 Å². The number of rotatable bonds is 4. The fourth-order valence-corrected chi connectivity index (χ4v) is 4.25. The average Bonchev–Trinajstić information content (AvgIpc) is 3.16. The van der Waals surface area contributed by atoms with Crippen molar-refractivity contribution >= 4 is 16.3 Å². The molecule has 120 valence electrons. The van der Waals surface area contributed by atoms with E-state index in [2.05, 4.69) is 20.8 Å². The predicted molar refractivity (Wildman–Crippen MR) is 91.1 cm³/mol. The monoisotopic (exact) mass is 329 g/mol. The Hall–Kier alpha value is -1.92. The lowest BCUT2D eigenvalue weighted by Crippen LogP contribution is -3.11. The Morgan fingerprint density at radius 3 is 2.91 bits per heavy atom. The number of aromatic nitrogens is 3. The molecule has 0 unspecified atom stereocenters. The van der Waals surface area contributed by atoms with Gasteiger partial charge in [-0.25, -0.2) is 0 Å². The first-order valence-electron chi connectivity index (χ1n) is 8.15. The first-order chi connectivity index (χ1) is 11.3. The van der Waals surface area contributed by atoms with Crippen LogP contribution in [0.5, 0.6) is 5.75 Å². The summed E-state index contributed by atoms with van der Waals surface area (Å²) in [5, 5.41) is 8.70. The molecule has 1 aromatic carbocycles. The number of likely N-dealkylation sites (tertiary alicyclic amines) is 1. The standard InChI is InChI=1S/C17H20N4OS/c1-22-14-7-5-6-13(10-14)16-18-19-17-21(16)12-15(23-17)11-20-8-3-2-4-9-20/h5-7,10,12H,2-4,8-9,11H2,1H3/p+1. The van der Waals surface area contributed by atoms with Gasteiger partial charge in [-0.2, -0.15) is 0 Å². The summed E-state index contributed by atoms with van der Waals surface area (Å²) < 4.78 is 7.42. The molecule has 0 amide bonds. The maximum atomic E-state index is 5.31. The molecular weight excluding hydrogens is 308 g/mol. The second kappa shape index (κ2) is 6.29. The molecule has 0 radical (unpaired) electrons. The van der Waals surface area contributed by atoms with Gasteiger partial charge in [-0.1, -0.05) is 23.5 Å². The zero-order valence-corrected chi connectivity index (χ0v) is 14.1. The van der Waals surface area contributed by atoms with Crippen LogP contribution in [0.4, 0.5) is 0 Å². The largest absolute Gasteiger partial charge is 0.497 e. The van der Waals surface area contributed by atoms with Gasteiger partial charge in [0.25, 0.3) is 0 Å².